The monoisotopic (exact) mass is 377 g/mol. The van der Waals surface area contributed by atoms with Crippen molar-refractivity contribution in [3.8, 4) is 0 Å². The number of nitrogens with zero attached hydrogens (tertiary/aromatic N) is 5. The van der Waals surface area contributed by atoms with Crippen LogP contribution in [0.1, 0.15) is 56.0 Å². The molecule has 4 rings (SSSR count). The summed E-state index contributed by atoms with van der Waals surface area (Å²) in [6.45, 7) is 5.89. The molecule has 4 heterocycles. The molecule has 0 saturated carbocycles. The van der Waals surface area contributed by atoms with Crippen molar-refractivity contribution in [3.63, 3.8) is 0 Å². The first-order chi connectivity index (χ1) is 12.8. The molecule has 26 heavy (non-hydrogen) atoms. The third kappa shape index (κ3) is 4.10. The van der Waals surface area contributed by atoms with Crippen LogP contribution in [0.2, 0.25) is 0 Å². The molecule has 0 radical (unpaired) electrons. The largest absolute Gasteiger partial charge is 0.376 e. The molecule has 9 heteroatoms. The minimum absolute atomic E-state index is 0.280. The molecule has 2 fully saturated rings. The van der Waals surface area contributed by atoms with Crippen molar-refractivity contribution < 1.29 is 4.74 Å². The summed E-state index contributed by atoms with van der Waals surface area (Å²) in [6.07, 6.45) is 5.64. The highest BCUT2D eigenvalue weighted by atomic mass is 32.2. The predicted molar refractivity (Wildman–Crippen MR) is 99.2 cm³/mol. The third-order valence-corrected chi connectivity index (χ3v) is 6.07. The van der Waals surface area contributed by atoms with E-state index in [9.17, 15) is 0 Å². The van der Waals surface area contributed by atoms with Gasteiger partial charge in [0, 0.05) is 18.9 Å². The molecule has 0 amide bonds. The second kappa shape index (κ2) is 8.49. The van der Waals surface area contributed by atoms with Crippen molar-refractivity contribution in [1.82, 2.24) is 35.3 Å². The molecule has 0 aromatic carbocycles. The van der Waals surface area contributed by atoms with E-state index >= 15 is 0 Å². The second-order valence-electron chi connectivity index (χ2n) is 6.95. The Labute approximate surface area is 157 Å². The summed E-state index contributed by atoms with van der Waals surface area (Å²) in [4.78, 5) is 4.50. The molecule has 0 spiro atoms. The number of aromatic amines is 1. The van der Waals surface area contributed by atoms with Crippen LogP contribution in [0.5, 0.6) is 0 Å². The van der Waals surface area contributed by atoms with E-state index in [-0.39, 0.29) is 6.10 Å². The van der Waals surface area contributed by atoms with E-state index in [1.807, 2.05) is 0 Å². The number of ether oxygens (including phenoxy) is 1. The molecule has 2 aromatic heterocycles. The van der Waals surface area contributed by atoms with Crippen LogP contribution in [-0.2, 0) is 23.5 Å². The van der Waals surface area contributed by atoms with Gasteiger partial charge in [-0.05, 0) is 38.8 Å². The van der Waals surface area contributed by atoms with Gasteiger partial charge in [0.2, 0.25) is 0 Å². The fraction of sp³-hybridized carbons (Fsp3) is 0.765. The lowest BCUT2D eigenvalue weighted by atomic mass is 9.97. The van der Waals surface area contributed by atoms with Crippen molar-refractivity contribution in [2.45, 2.75) is 68.5 Å². The molecule has 0 unspecified atom stereocenters. The van der Waals surface area contributed by atoms with E-state index in [0.29, 0.717) is 5.92 Å². The summed E-state index contributed by atoms with van der Waals surface area (Å²) >= 11 is 1.68. The van der Waals surface area contributed by atoms with Gasteiger partial charge in [-0.15, -0.1) is 10.2 Å². The van der Waals surface area contributed by atoms with E-state index in [4.69, 9.17) is 4.74 Å². The van der Waals surface area contributed by atoms with Crippen LogP contribution in [0.4, 0.5) is 0 Å². The average Bonchev–Trinajstić information content (AvgIpc) is 3.42. The zero-order valence-electron chi connectivity index (χ0n) is 15.3. The summed E-state index contributed by atoms with van der Waals surface area (Å²) < 4.78 is 8.18. The highest BCUT2D eigenvalue weighted by molar-refractivity contribution is 7.98. The predicted octanol–water partition coefficient (Wildman–Crippen LogP) is 1.90. The first kappa shape index (κ1) is 17.9. The minimum Gasteiger partial charge on any atom is -0.376 e. The first-order valence-corrected chi connectivity index (χ1v) is 10.6. The molecule has 1 atom stereocenters. The Morgan fingerprint density at radius 2 is 2.12 bits per heavy atom. The Kier molecular flexibility index (Phi) is 5.86. The molecule has 2 aromatic rings. The van der Waals surface area contributed by atoms with Crippen LogP contribution in [0.3, 0.4) is 0 Å². The van der Waals surface area contributed by atoms with Gasteiger partial charge in [0.15, 0.2) is 5.16 Å². The molecular formula is C17H27N7OS. The van der Waals surface area contributed by atoms with Gasteiger partial charge in [-0.25, -0.2) is 4.98 Å². The van der Waals surface area contributed by atoms with Crippen molar-refractivity contribution in [2.24, 2.45) is 0 Å². The van der Waals surface area contributed by atoms with Crippen molar-refractivity contribution >= 4 is 11.8 Å². The Hall–Kier alpha value is -1.45. The van der Waals surface area contributed by atoms with Crippen LogP contribution in [0.15, 0.2) is 5.16 Å². The summed E-state index contributed by atoms with van der Waals surface area (Å²) in [7, 11) is 0. The molecule has 2 N–H and O–H groups in total. The molecular weight excluding hydrogens is 350 g/mol. The van der Waals surface area contributed by atoms with Crippen LogP contribution in [0.25, 0.3) is 0 Å². The van der Waals surface area contributed by atoms with Gasteiger partial charge in [0.05, 0.1) is 18.4 Å². The fourth-order valence-electron chi connectivity index (χ4n) is 3.64. The standard InChI is InChI=1S/C17H27N7OS/c1-2-14-19-15(21-20-14)11-26-17-23-22-16(12-5-7-18-8-6-12)24(17)10-13-4-3-9-25-13/h12-13,18H,2-11H2,1H3,(H,19,20,21)/t13-/m1/s1. The summed E-state index contributed by atoms with van der Waals surface area (Å²) in [5, 5.41) is 20.7. The van der Waals surface area contributed by atoms with Gasteiger partial charge in [-0.2, -0.15) is 5.10 Å². The van der Waals surface area contributed by atoms with Crippen LogP contribution < -0.4 is 5.32 Å². The molecule has 8 nitrogen and oxygen atoms in total. The maximum absolute atomic E-state index is 5.88. The zero-order valence-corrected chi connectivity index (χ0v) is 16.1. The lowest BCUT2D eigenvalue weighted by molar-refractivity contribution is 0.0936. The number of hydrogen-bond acceptors (Lipinski definition) is 7. The van der Waals surface area contributed by atoms with Gasteiger partial charge in [0.1, 0.15) is 17.5 Å². The first-order valence-electron chi connectivity index (χ1n) is 9.62. The number of aryl methyl sites for hydroxylation is 1. The fourth-order valence-corrected chi connectivity index (χ4v) is 4.46. The second-order valence-corrected chi connectivity index (χ2v) is 7.89. The number of nitrogens with one attached hydrogen (secondary N) is 2. The maximum Gasteiger partial charge on any atom is 0.191 e. The zero-order chi connectivity index (χ0) is 17.8. The third-order valence-electron chi connectivity index (χ3n) is 5.09. The molecule has 0 bridgehead atoms. The number of aromatic nitrogens is 6. The highest BCUT2D eigenvalue weighted by Crippen LogP contribution is 2.29. The van der Waals surface area contributed by atoms with Gasteiger partial charge in [-0.3, -0.25) is 5.10 Å². The van der Waals surface area contributed by atoms with Gasteiger partial charge in [-0.1, -0.05) is 18.7 Å². The van der Waals surface area contributed by atoms with Crippen LogP contribution >= 0.6 is 11.8 Å². The van der Waals surface area contributed by atoms with Crippen molar-refractivity contribution in [2.75, 3.05) is 19.7 Å². The van der Waals surface area contributed by atoms with Gasteiger partial charge in [0.25, 0.3) is 0 Å². The quantitative estimate of drug-likeness (QED) is 0.712. The molecule has 2 aliphatic heterocycles. The van der Waals surface area contributed by atoms with E-state index in [1.54, 1.807) is 11.8 Å². The minimum atomic E-state index is 0.280. The number of rotatable bonds is 7. The van der Waals surface area contributed by atoms with Gasteiger partial charge >= 0.3 is 0 Å². The van der Waals surface area contributed by atoms with Crippen molar-refractivity contribution in [3.05, 3.63) is 17.5 Å². The number of H-pyrrole nitrogens is 1. The summed E-state index contributed by atoms with van der Waals surface area (Å²) in [5.74, 6) is 4.08. The summed E-state index contributed by atoms with van der Waals surface area (Å²) in [6, 6.07) is 0. The SMILES string of the molecule is CCc1n[nH]c(CSc2nnc(C3CCNCC3)n2C[C@H]2CCCO2)n1. The van der Waals surface area contributed by atoms with Gasteiger partial charge < -0.3 is 14.6 Å². The lowest BCUT2D eigenvalue weighted by Gasteiger charge is -2.23. The van der Waals surface area contributed by atoms with Crippen LogP contribution in [-0.4, -0.2) is 55.7 Å². The normalized spacial score (nSPS) is 21.5. The summed E-state index contributed by atoms with van der Waals surface area (Å²) in [5.41, 5.74) is 0. The Balaban J connectivity index is 1.50. The van der Waals surface area contributed by atoms with Crippen molar-refractivity contribution in [1.29, 1.82) is 0 Å². The van der Waals surface area contributed by atoms with E-state index in [2.05, 4.69) is 42.2 Å². The number of thioether (sulfide) groups is 1. The maximum atomic E-state index is 5.88. The van der Waals surface area contributed by atoms with E-state index < -0.39 is 0 Å². The average molecular weight is 378 g/mol. The molecule has 0 aliphatic carbocycles. The highest BCUT2D eigenvalue weighted by Gasteiger charge is 2.26. The number of hydrogen-bond donors (Lipinski definition) is 2. The molecule has 142 valence electrons. The molecule has 2 aliphatic rings. The van der Waals surface area contributed by atoms with E-state index in [1.165, 1.54) is 0 Å². The number of piperidine rings is 1. The Morgan fingerprint density at radius 3 is 2.85 bits per heavy atom. The smallest absolute Gasteiger partial charge is 0.191 e. The lowest BCUT2D eigenvalue weighted by Crippen LogP contribution is -2.29. The molecule has 2 saturated heterocycles. The van der Waals surface area contributed by atoms with Crippen LogP contribution in [0, 0.1) is 0 Å². The van der Waals surface area contributed by atoms with E-state index in [0.717, 1.165) is 86.7 Å². The topological polar surface area (TPSA) is 93.5 Å². The Morgan fingerprint density at radius 1 is 1.23 bits per heavy atom. The Bertz CT molecular complexity index is 704.